The highest BCUT2D eigenvalue weighted by molar-refractivity contribution is 7.89. The summed E-state index contributed by atoms with van der Waals surface area (Å²) in [7, 11) is 3.72. The highest BCUT2D eigenvalue weighted by Gasteiger charge is 2.33. The van der Waals surface area contributed by atoms with Crippen LogP contribution in [0.2, 0.25) is 0 Å². The second-order valence-corrected chi connectivity index (χ2v) is 11.5. The van der Waals surface area contributed by atoms with E-state index in [9.17, 15) is 18.0 Å². The molecule has 1 atom stereocenters. The van der Waals surface area contributed by atoms with Gasteiger partial charge in [-0.15, -0.1) is 0 Å². The number of amides is 1. The second-order valence-electron chi connectivity index (χ2n) is 9.31. The van der Waals surface area contributed by atoms with Crippen molar-refractivity contribution in [2.24, 2.45) is 0 Å². The van der Waals surface area contributed by atoms with E-state index in [1.165, 1.54) is 45.5 Å². The number of carbonyl (C=O) groups excluding carboxylic acids is 2. The van der Waals surface area contributed by atoms with Crippen LogP contribution >= 0.6 is 0 Å². The van der Waals surface area contributed by atoms with Crippen LogP contribution in [0.15, 0.2) is 65.6 Å². The quantitative estimate of drug-likeness (QED) is 0.361. The number of benzene rings is 3. The molecule has 0 fully saturated rings. The van der Waals surface area contributed by atoms with Gasteiger partial charge in [0.2, 0.25) is 10.0 Å². The van der Waals surface area contributed by atoms with Gasteiger partial charge in [0, 0.05) is 26.2 Å². The van der Waals surface area contributed by atoms with Gasteiger partial charge in [-0.3, -0.25) is 4.79 Å². The molecule has 10 nitrogen and oxygen atoms in total. The summed E-state index contributed by atoms with van der Waals surface area (Å²) in [5, 5.41) is 0. The molecule has 4 rings (SSSR count). The van der Waals surface area contributed by atoms with Crippen molar-refractivity contribution in [3.8, 4) is 17.2 Å². The molecular weight excluding hydrogens is 536 g/mol. The summed E-state index contributed by atoms with van der Waals surface area (Å²) in [4.78, 5) is 27.4. The number of nitrogens with zero attached hydrogens (tertiary/aromatic N) is 2. The van der Waals surface area contributed by atoms with Crippen molar-refractivity contribution in [1.29, 1.82) is 0 Å². The normalized spacial score (nSPS) is 14.8. The van der Waals surface area contributed by atoms with E-state index < -0.39 is 22.0 Å². The fourth-order valence-corrected chi connectivity index (χ4v) is 5.48. The minimum absolute atomic E-state index is 0.102. The summed E-state index contributed by atoms with van der Waals surface area (Å²) in [5.41, 5.74) is 2.61. The molecule has 40 heavy (non-hydrogen) atoms. The third-order valence-corrected chi connectivity index (χ3v) is 8.66. The Morgan fingerprint density at radius 2 is 1.50 bits per heavy atom. The van der Waals surface area contributed by atoms with Crippen LogP contribution < -0.4 is 14.2 Å². The molecule has 212 valence electrons. The summed E-state index contributed by atoms with van der Waals surface area (Å²) in [6.07, 6.45) is 0.582. The summed E-state index contributed by atoms with van der Waals surface area (Å²) >= 11 is 0. The molecular formula is C29H32N2O8S. The van der Waals surface area contributed by atoms with Gasteiger partial charge in [0.1, 0.15) is 12.4 Å². The van der Waals surface area contributed by atoms with Crippen LogP contribution in [0.5, 0.6) is 17.2 Å². The zero-order valence-corrected chi connectivity index (χ0v) is 23.9. The van der Waals surface area contributed by atoms with E-state index in [1.807, 2.05) is 12.1 Å². The van der Waals surface area contributed by atoms with Crippen LogP contribution in [-0.2, 0) is 21.2 Å². The topological polar surface area (TPSA) is 112 Å². The van der Waals surface area contributed by atoms with E-state index in [-0.39, 0.29) is 17.4 Å². The van der Waals surface area contributed by atoms with E-state index in [0.717, 1.165) is 15.4 Å². The summed E-state index contributed by atoms with van der Waals surface area (Å²) in [6, 6.07) is 15.7. The molecule has 11 heteroatoms. The number of sulfonamides is 1. The smallest absolute Gasteiger partial charge is 0.337 e. The number of carbonyl (C=O) groups is 2. The number of ether oxygens (including phenoxy) is 4. The molecule has 1 aliphatic rings. The van der Waals surface area contributed by atoms with Crippen molar-refractivity contribution in [3.05, 3.63) is 82.9 Å². The monoisotopic (exact) mass is 568 g/mol. The first-order chi connectivity index (χ1) is 19.1. The van der Waals surface area contributed by atoms with E-state index in [1.54, 1.807) is 43.4 Å². The molecule has 0 aromatic heterocycles. The summed E-state index contributed by atoms with van der Waals surface area (Å²) in [6.45, 7) is 0.535. The van der Waals surface area contributed by atoms with Crippen LogP contribution in [-0.4, -0.2) is 78.1 Å². The van der Waals surface area contributed by atoms with Crippen molar-refractivity contribution in [2.45, 2.75) is 17.4 Å². The highest BCUT2D eigenvalue weighted by Crippen LogP contribution is 2.39. The number of hydrogen-bond donors (Lipinski definition) is 0. The van der Waals surface area contributed by atoms with Gasteiger partial charge in [0.25, 0.3) is 5.91 Å². The lowest BCUT2D eigenvalue weighted by Crippen LogP contribution is -2.42. The maximum atomic E-state index is 13.8. The van der Waals surface area contributed by atoms with Crippen LogP contribution in [0.25, 0.3) is 0 Å². The molecule has 0 N–H and O–H groups in total. The number of hydrogen-bond acceptors (Lipinski definition) is 8. The average molecular weight is 569 g/mol. The lowest BCUT2D eigenvalue weighted by atomic mass is 9.91. The highest BCUT2D eigenvalue weighted by atomic mass is 32.2. The third kappa shape index (κ3) is 5.75. The Kier molecular flexibility index (Phi) is 8.65. The number of esters is 1. The van der Waals surface area contributed by atoms with Crippen LogP contribution in [0.3, 0.4) is 0 Å². The van der Waals surface area contributed by atoms with Gasteiger partial charge in [0.05, 0.1) is 37.8 Å². The number of methoxy groups -OCH3 is 3. The fraction of sp³-hybridized carbons (Fsp3) is 0.310. The SMILES string of the molecule is COC(=O)c1ccc(OC[C@H]2c3cc(OC)c(OC)cc3CCN2C(=O)c2ccc(S(=O)(=O)N(C)C)cc2)cc1. The van der Waals surface area contributed by atoms with Crippen LogP contribution in [0.1, 0.15) is 37.9 Å². The largest absolute Gasteiger partial charge is 0.493 e. The summed E-state index contributed by atoms with van der Waals surface area (Å²) in [5.74, 6) is 0.933. The Morgan fingerprint density at radius 1 is 0.900 bits per heavy atom. The maximum absolute atomic E-state index is 13.8. The van der Waals surface area contributed by atoms with E-state index in [2.05, 4.69) is 0 Å². The Bertz CT molecular complexity index is 1490. The minimum Gasteiger partial charge on any atom is -0.493 e. The Morgan fingerprint density at radius 3 is 2.08 bits per heavy atom. The average Bonchev–Trinajstić information content (AvgIpc) is 2.98. The molecule has 0 saturated heterocycles. The van der Waals surface area contributed by atoms with E-state index >= 15 is 0 Å². The molecule has 0 saturated carbocycles. The molecule has 1 aliphatic heterocycles. The Balaban J connectivity index is 1.66. The van der Waals surface area contributed by atoms with Crippen molar-refractivity contribution < 1.29 is 37.0 Å². The first-order valence-corrected chi connectivity index (χ1v) is 13.9. The Hall–Kier alpha value is -4.09. The maximum Gasteiger partial charge on any atom is 0.337 e. The lowest BCUT2D eigenvalue weighted by Gasteiger charge is -2.37. The fourth-order valence-electron chi connectivity index (χ4n) is 4.58. The van der Waals surface area contributed by atoms with E-state index in [4.69, 9.17) is 18.9 Å². The van der Waals surface area contributed by atoms with Gasteiger partial charge in [-0.25, -0.2) is 17.5 Å². The zero-order valence-electron chi connectivity index (χ0n) is 23.0. The molecule has 3 aromatic rings. The van der Waals surface area contributed by atoms with Crippen molar-refractivity contribution >= 4 is 21.9 Å². The first-order valence-electron chi connectivity index (χ1n) is 12.5. The zero-order chi connectivity index (χ0) is 29.0. The molecule has 0 bridgehead atoms. The predicted octanol–water partition coefficient (Wildman–Crippen LogP) is 3.56. The van der Waals surface area contributed by atoms with E-state index in [0.29, 0.717) is 41.3 Å². The molecule has 1 amide bonds. The molecule has 0 radical (unpaired) electrons. The number of rotatable bonds is 9. The molecule has 0 unspecified atom stereocenters. The van der Waals surface area contributed by atoms with Gasteiger partial charge >= 0.3 is 5.97 Å². The Labute approximate surface area is 234 Å². The van der Waals surface area contributed by atoms with Crippen LogP contribution in [0.4, 0.5) is 0 Å². The van der Waals surface area contributed by atoms with Gasteiger partial charge in [-0.1, -0.05) is 0 Å². The van der Waals surface area contributed by atoms with Gasteiger partial charge in [0.15, 0.2) is 11.5 Å². The van der Waals surface area contributed by atoms with Crippen molar-refractivity contribution in [3.63, 3.8) is 0 Å². The molecule has 0 spiro atoms. The second kappa shape index (κ2) is 12.0. The van der Waals surface area contributed by atoms with Gasteiger partial charge < -0.3 is 23.8 Å². The molecule has 1 heterocycles. The van der Waals surface area contributed by atoms with Gasteiger partial charge in [-0.05, 0) is 78.2 Å². The minimum atomic E-state index is -3.63. The van der Waals surface area contributed by atoms with Crippen LogP contribution in [0, 0.1) is 0 Å². The lowest BCUT2D eigenvalue weighted by molar-refractivity contribution is 0.0582. The van der Waals surface area contributed by atoms with Gasteiger partial charge in [-0.2, -0.15) is 0 Å². The molecule has 3 aromatic carbocycles. The first kappa shape index (κ1) is 28.9. The summed E-state index contributed by atoms with van der Waals surface area (Å²) < 4.78 is 47.9. The third-order valence-electron chi connectivity index (χ3n) is 6.83. The number of fused-ring (bicyclic) bond motifs is 1. The molecule has 0 aliphatic carbocycles. The van der Waals surface area contributed by atoms with Crippen molar-refractivity contribution in [1.82, 2.24) is 9.21 Å². The predicted molar refractivity (Wildman–Crippen MR) is 148 cm³/mol. The standard InChI is InChI=1S/C29H32N2O8S/c1-30(2)40(34,35)23-12-8-19(9-13-23)28(32)31-15-14-21-16-26(36-3)27(37-4)17-24(21)25(31)18-39-22-10-6-20(7-11-22)29(33)38-5/h6-13,16-17,25H,14-15,18H2,1-5H3/t25-/m0/s1. The van der Waals surface area contributed by atoms with Crippen molar-refractivity contribution in [2.75, 3.05) is 48.6 Å².